The Labute approximate surface area is 276 Å². The van der Waals surface area contributed by atoms with Gasteiger partial charge in [0.15, 0.2) is 5.82 Å². The van der Waals surface area contributed by atoms with Gasteiger partial charge in [0, 0.05) is 54.4 Å². The standard InChI is InChI=1S/C34H36ClF2N7O3/c1-33(2,3)47-31(45)34(11-12-38)19-44(14-13-40-34)30-24-16-39-28(23-9-5-7-20-8-6-10-25(35)26(20)23)27(37)29(24)41-32(42-30)46-18-22-15-21(36)17-43(22)4/h5-10,16,21-22,40H,11,13-15,17-19H2,1-4H3/t21-,22+,34+/m1/s1. The van der Waals surface area contributed by atoms with E-state index in [1.165, 1.54) is 6.20 Å². The molecule has 2 aliphatic rings. The third-order valence-corrected chi connectivity index (χ3v) is 8.89. The van der Waals surface area contributed by atoms with Crippen molar-refractivity contribution < 1.29 is 23.0 Å². The number of halogens is 3. The molecule has 3 atom stereocenters. The van der Waals surface area contributed by atoms with Crippen LogP contribution in [0.25, 0.3) is 32.9 Å². The van der Waals surface area contributed by atoms with E-state index in [1.54, 1.807) is 37.8 Å². The number of esters is 1. The van der Waals surface area contributed by atoms with Crippen LogP contribution in [0.4, 0.5) is 14.6 Å². The molecular weight excluding hydrogens is 628 g/mol. The van der Waals surface area contributed by atoms with Gasteiger partial charge in [-0.3, -0.25) is 15.2 Å². The van der Waals surface area contributed by atoms with Gasteiger partial charge in [-0.05, 0) is 45.7 Å². The number of hydrogen-bond acceptors (Lipinski definition) is 10. The van der Waals surface area contributed by atoms with Crippen LogP contribution in [0.1, 0.15) is 33.6 Å². The number of ether oxygens (including phenoxy) is 2. The Morgan fingerprint density at radius 3 is 2.70 bits per heavy atom. The van der Waals surface area contributed by atoms with Crippen LogP contribution in [-0.4, -0.2) is 89.0 Å². The van der Waals surface area contributed by atoms with Gasteiger partial charge in [0.05, 0.1) is 17.9 Å². The number of anilines is 1. The third kappa shape index (κ3) is 6.52. The van der Waals surface area contributed by atoms with Crippen LogP contribution < -0.4 is 15.0 Å². The summed E-state index contributed by atoms with van der Waals surface area (Å²) in [7, 11) is 1.82. The number of nitrogens with zero attached hydrogens (tertiary/aromatic N) is 6. The molecular formula is C34H36ClF2N7O3. The number of hydrogen-bond donors (Lipinski definition) is 1. The van der Waals surface area contributed by atoms with Crippen LogP contribution in [0.2, 0.25) is 5.02 Å². The molecule has 0 aliphatic carbocycles. The van der Waals surface area contributed by atoms with Gasteiger partial charge < -0.3 is 14.4 Å². The molecule has 10 nitrogen and oxygen atoms in total. The van der Waals surface area contributed by atoms with E-state index in [4.69, 9.17) is 21.1 Å². The summed E-state index contributed by atoms with van der Waals surface area (Å²) in [5.74, 6) is -0.985. The first-order valence-corrected chi connectivity index (χ1v) is 15.9. The highest BCUT2D eigenvalue weighted by atomic mass is 35.5. The van der Waals surface area contributed by atoms with Crippen molar-refractivity contribution in [2.24, 2.45) is 0 Å². The van der Waals surface area contributed by atoms with Crippen molar-refractivity contribution in [1.82, 2.24) is 25.2 Å². The molecule has 2 aromatic heterocycles. The fourth-order valence-electron chi connectivity index (χ4n) is 6.29. The third-order valence-electron chi connectivity index (χ3n) is 8.57. The van der Waals surface area contributed by atoms with Gasteiger partial charge in [0.2, 0.25) is 0 Å². The van der Waals surface area contributed by atoms with Crippen molar-refractivity contribution in [1.29, 1.82) is 5.26 Å². The number of pyridine rings is 1. The molecule has 13 heteroatoms. The van der Waals surface area contributed by atoms with Gasteiger partial charge in [-0.2, -0.15) is 15.2 Å². The Hall–Kier alpha value is -4.18. The summed E-state index contributed by atoms with van der Waals surface area (Å²) in [5.41, 5.74) is -1.64. The lowest BCUT2D eigenvalue weighted by Gasteiger charge is -2.42. The Balaban J connectivity index is 1.47. The predicted molar refractivity (Wildman–Crippen MR) is 176 cm³/mol. The normalized spacial score (nSPS) is 22.0. The van der Waals surface area contributed by atoms with E-state index >= 15 is 4.39 Å². The van der Waals surface area contributed by atoms with E-state index in [0.717, 1.165) is 5.39 Å². The van der Waals surface area contributed by atoms with E-state index in [-0.39, 0.29) is 48.7 Å². The minimum Gasteiger partial charge on any atom is -0.462 e. The summed E-state index contributed by atoms with van der Waals surface area (Å²) in [6.07, 6.45) is 0.665. The minimum absolute atomic E-state index is 0.0121. The number of rotatable bonds is 7. The summed E-state index contributed by atoms with van der Waals surface area (Å²) >= 11 is 6.58. The number of carbonyl (C=O) groups excluding carboxylic acids is 1. The van der Waals surface area contributed by atoms with Crippen LogP contribution in [0.5, 0.6) is 6.01 Å². The van der Waals surface area contributed by atoms with Gasteiger partial charge in [0.1, 0.15) is 40.9 Å². The minimum atomic E-state index is -1.37. The molecule has 6 rings (SSSR count). The lowest BCUT2D eigenvalue weighted by atomic mass is 9.92. The lowest BCUT2D eigenvalue weighted by molar-refractivity contribution is -0.163. The molecule has 0 bridgehead atoms. The first-order chi connectivity index (χ1) is 22.4. The van der Waals surface area contributed by atoms with Crippen molar-refractivity contribution in [2.45, 2.75) is 57.0 Å². The number of likely N-dealkylation sites (tertiary alicyclic amines) is 1. The Morgan fingerprint density at radius 2 is 2.00 bits per heavy atom. The second-order valence-corrected chi connectivity index (χ2v) is 13.6. The van der Waals surface area contributed by atoms with E-state index in [0.29, 0.717) is 47.4 Å². The SMILES string of the molecule is CN1C[C@H](F)C[C@H]1COc1nc(N2CCN[C@](CC#N)(C(=O)OC(C)(C)C)C2)c2cnc(-c3cccc4cccc(Cl)c34)c(F)c2n1. The molecule has 0 saturated carbocycles. The predicted octanol–water partition coefficient (Wildman–Crippen LogP) is 5.46. The molecule has 0 radical (unpaired) electrons. The highest BCUT2D eigenvalue weighted by molar-refractivity contribution is 6.36. The number of nitrogens with one attached hydrogen (secondary N) is 1. The highest BCUT2D eigenvalue weighted by Crippen LogP contribution is 2.38. The zero-order valence-corrected chi connectivity index (χ0v) is 27.4. The van der Waals surface area contributed by atoms with E-state index in [1.807, 2.05) is 36.2 Å². The number of piperazine rings is 1. The Bertz CT molecular complexity index is 1880. The van der Waals surface area contributed by atoms with Gasteiger partial charge >= 0.3 is 12.0 Å². The second kappa shape index (κ2) is 12.8. The van der Waals surface area contributed by atoms with Crippen LogP contribution in [0, 0.1) is 17.1 Å². The molecule has 2 saturated heterocycles. The fraction of sp³-hybridized carbons (Fsp3) is 0.441. The average molecular weight is 664 g/mol. The maximum atomic E-state index is 16.7. The number of benzene rings is 2. The number of fused-ring (bicyclic) bond motifs is 2. The van der Waals surface area contributed by atoms with Crippen molar-refractivity contribution in [3.63, 3.8) is 0 Å². The Kier molecular flexibility index (Phi) is 8.91. The van der Waals surface area contributed by atoms with Gasteiger partial charge in [-0.15, -0.1) is 0 Å². The molecule has 2 aromatic carbocycles. The zero-order valence-electron chi connectivity index (χ0n) is 26.7. The van der Waals surface area contributed by atoms with Crippen LogP contribution in [-0.2, 0) is 9.53 Å². The molecule has 0 amide bonds. The van der Waals surface area contributed by atoms with E-state index in [2.05, 4.69) is 26.3 Å². The fourth-order valence-corrected chi connectivity index (χ4v) is 6.58. The van der Waals surface area contributed by atoms with E-state index < -0.39 is 29.1 Å². The average Bonchev–Trinajstić information content (AvgIpc) is 3.35. The number of alkyl halides is 1. The van der Waals surface area contributed by atoms with Crippen molar-refractivity contribution >= 4 is 45.1 Å². The maximum absolute atomic E-state index is 16.7. The van der Waals surface area contributed by atoms with Crippen LogP contribution >= 0.6 is 11.6 Å². The second-order valence-electron chi connectivity index (χ2n) is 13.2. The molecule has 4 heterocycles. The van der Waals surface area contributed by atoms with Crippen LogP contribution in [0.15, 0.2) is 42.6 Å². The summed E-state index contributed by atoms with van der Waals surface area (Å²) in [6.45, 7) is 6.37. The molecule has 2 fully saturated rings. The Morgan fingerprint density at radius 1 is 1.23 bits per heavy atom. The smallest absolute Gasteiger partial charge is 0.329 e. The van der Waals surface area contributed by atoms with Gasteiger partial charge in [0.25, 0.3) is 0 Å². The molecule has 1 N–H and O–H groups in total. The van der Waals surface area contributed by atoms with Gasteiger partial charge in [-0.1, -0.05) is 41.9 Å². The topological polar surface area (TPSA) is 117 Å². The number of aromatic nitrogens is 3. The monoisotopic (exact) mass is 663 g/mol. The number of nitriles is 1. The number of carbonyl (C=O) groups is 1. The molecule has 0 unspecified atom stereocenters. The van der Waals surface area contributed by atoms with Crippen molar-refractivity contribution in [2.75, 3.05) is 44.7 Å². The lowest BCUT2D eigenvalue weighted by Crippen LogP contribution is -2.66. The highest BCUT2D eigenvalue weighted by Gasteiger charge is 2.46. The first-order valence-electron chi connectivity index (χ1n) is 15.5. The summed E-state index contributed by atoms with van der Waals surface area (Å²) in [5, 5.41) is 15.2. The molecule has 246 valence electrons. The zero-order chi connectivity index (χ0) is 33.5. The van der Waals surface area contributed by atoms with Gasteiger partial charge in [-0.25, -0.2) is 13.6 Å². The summed E-state index contributed by atoms with van der Waals surface area (Å²) in [6, 6.07) is 12.7. The quantitative estimate of drug-likeness (QED) is 0.256. The van der Waals surface area contributed by atoms with Crippen molar-refractivity contribution in [3.8, 4) is 23.3 Å². The first kappa shape index (κ1) is 32.7. The van der Waals surface area contributed by atoms with E-state index in [9.17, 15) is 14.4 Å². The molecule has 47 heavy (non-hydrogen) atoms. The summed E-state index contributed by atoms with van der Waals surface area (Å²) < 4.78 is 42.6. The van der Waals surface area contributed by atoms with Crippen molar-refractivity contribution in [3.05, 3.63) is 53.4 Å². The maximum Gasteiger partial charge on any atom is 0.329 e. The largest absolute Gasteiger partial charge is 0.462 e. The van der Waals surface area contributed by atoms with Crippen LogP contribution in [0.3, 0.4) is 0 Å². The summed E-state index contributed by atoms with van der Waals surface area (Å²) in [4.78, 5) is 30.9. The molecule has 0 spiro atoms. The molecule has 4 aromatic rings. The number of likely N-dealkylation sites (N-methyl/N-ethyl adjacent to an activating group) is 1. The molecule has 2 aliphatic heterocycles.